The number of aromatic nitrogens is 2. The summed E-state index contributed by atoms with van der Waals surface area (Å²) in [5.74, 6) is 0.447. The van der Waals surface area contributed by atoms with Crippen LogP contribution in [0.2, 0.25) is 0 Å². The second kappa shape index (κ2) is 7.44. The van der Waals surface area contributed by atoms with Gasteiger partial charge in [0.05, 0.1) is 0 Å². The summed E-state index contributed by atoms with van der Waals surface area (Å²) < 4.78 is 3.30. The third kappa shape index (κ3) is 4.12. The van der Waals surface area contributed by atoms with E-state index in [0.29, 0.717) is 12.2 Å². The predicted molar refractivity (Wildman–Crippen MR) is 101 cm³/mol. The molecule has 0 saturated carbocycles. The van der Waals surface area contributed by atoms with Crippen molar-refractivity contribution in [2.24, 2.45) is 0 Å². The zero-order chi connectivity index (χ0) is 17.2. The molecule has 0 saturated heterocycles. The topological polar surface area (TPSA) is 38.9 Å². The molecule has 0 bridgehead atoms. The van der Waals surface area contributed by atoms with E-state index in [0.717, 1.165) is 22.0 Å². The standard InChI is InChI=1S/C17H12BrCl3N2O/c18-10-11-5-7-12(8-6-11)14-4-2-1-3-13(14)9-15-22-16(24-23-15)17(19,20)21/h1-8H,9-10H2. The number of hydrogen-bond donors (Lipinski definition) is 0. The fourth-order valence-electron chi connectivity index (χ4n) is 2.34. The number of benzene rings is 2. The smallest absolute Gasteiger partial charge is 0.278 e. The zero-order valence-corrected chi connectivity index (χ0v) is 16.2. The molecule has 0 radical (unpaired) electrons. The van der Waals surface area contributed by atoms with Crippen LogP contribution in [0.15, 0.2) is 53.1 Å². The van der Waals surface area contributed by atoms with Gasteiger partial charge in [-0.25, -0.2) is 0 Å². The molecule has 3 rings (SSSR count). The van der Waals surface area contributed by atoms with E-state index in [-0.39, 0.29) is 5.89 Å². The number of alkyl halides is 4. The Morgan fingerprint density at radius 2 is 1.71 bits per heavy atom. The monoisotopic (exact) mass is 444 g/mol. The minimum absolute atomic E-state index is 0.0262. The molecule has 124 valence electrons. The second-order valence-electron chi connectivity index (χ2n) is 5.18. The van der Waals surface area contributed by atoms with Gasteiger partial charge in [-0.15, -0.1) is 0 Å². The third-order valence-electron chi connectivity index (χ3n) is 3.50. The van der Waals surface area contributed by atoms with E-state index in [1.807, 2.05) is 18.2 Å². The average Bonchev–Trinajstić information content (AvgIpc) is 3.04. The van der Waals surface area contributed by atoms with E-state index in [1.165, 1.54) is 5.56 Å². The van der Waals surface area contributed by atoms with Gasteiger partial charge in [0.1, 0.15) is 0 Å². The molecule has 0 aliphatic rings. The van der Waals surface area contributed by atoms with E-state index in [1.54, 1.807) is 0 Å². The van der Waals surface area contributed by atoms with Crippen molar-refractivity contribution >= 4 is 50.7 Å². The quantitative estimate of drug-likeness (QED) is 0.458. The first kappa shape index (κ1) is 17.7. The maximum absolute atomic E-state index is 5.76. The third-order valence-corrected chi connectivity index (χ3v) is 4.63. The van der Waals surface area contributed by atoms with Gasteiger partial charge in [-0.05, 0) is 22.3 Å². The largest absolute Gasteiger partial charge is 0.335 e. The molecular weight excluding hydrogens is 434 g/mol. The van der Waals surface area contributed by atoms with Gasteiger partial charge in [0.15, 0.2) is 5.82 Å². The van der Waals surface area contributed by atoms with Crippen LogP contribution in [0.1, 0.15) is 22.8 Å². The molecule has 3 nitrogen and oxygen atoms in total. The normalized spacial score (nSPS) is 11.7. The lowest BCUT2D eigenvalue weighted by Crippen LogP contribution is -2.01. The van der Waals surface area contributed by atoms with Crippen molar-refractivity contribution in [3.63, 3.8) is 0 Å². The summed E-state index contributed by atoms with van der Waals surface area (Å²) >= 11 is 20.7. The molecule has 0 unspecified atom stereocenters. The first-order chi connectivity index (χ1) is 11.5. The van der Waals surface area contributed by atoms with Crippen LogP contribution < -0.4 is 0 Å². The predicted octanol–water partition coefficient (Wildman–Crippen LogP) is 6.05. The fourth-order valence-corrected chi connectivity index (χ4v) is 2.94. The molecule has 0 fully saturated rings. The van der Waals surface area contributed by atoms with Gasteiger partial charge >= 0.3 is 0 Å². The highest BCUT2D eigenvalue weighted by atomic mass is 79.9. The van der Waals surface area contributed by atoms with Crippen molar-refractivity contribution in [2.75, 3.05) is 0 Å². The van der Waals surface area contributed by atoms with Crippen LogP contribution in [-0.4, -0.2) is 10.1 Å². The molecule has 3 aromatic rings. The van der Waals surface area contributed by atoms with Crippen molar-refractivity contribution in [2.45, 2.75) is 15.5 Å². The van der Waals surface area contributed by atoms with E-state index in [9.17, 15) is 0 Å². The lowest BCUT2D eigenvalue weighted by atomic mass is 9.97. The van der Waals surface area contributed by atoms with Gasteiger partial charge < -0.3 is 4.52 Å². The van der Waals surface area contributed by atoms with Crippen LogP contribution in [0.4, 0.5) is 0 Å². The Balaban J connectivity index is 1.90. The highest BCUT2D eigenvalue weighted by Crippen LogP contribution is 2.37. The van der Waals surface area contributed by atoms with Gasteiger partial charge in [-0.1, -0.05) is 104 Å². The number of halogens is 4. The van der Waals surface area contributed by atoms with Gasteiger partial charge in [0.25, 0.3) is 9.68 Å². The molecule has 0 spiro atoms. The molecule has 7 heteroatoms. The van der Waals surface area contributed by atoms with Crippen molar-refractivity contribution in [3.8, 4) is 11.1 Å². The van der Waals surface area contributed by atoms with Crippen LogP contribution in [0.5, 0.6) is 0 Å². The molecule has 24 heavy (non-hydrogen) atoms. The van der Waals surface area contributed by atoms with Crippen molar-refractivity contribution in [3.05, 3.63) is 71.4 Å². The van der Waals surface area contributed by atoms with E-state index in [4.69, 9.17) is 39.3 Å². The molecule has 1 heterocycles. The lowest BCUT2D eigenvalue weighted by Gasteiger charge is -2.09. The SMILES string of the molecule is ClC(Cl)(Cl)c1nc(Cc2ccccc2-c2ccc(CBr)cc2)no1. The first-order valence-electron chi connectivity index (χ1n) is 7.10. The Labute approximate surface area is 163 Å². The maximum Gasteiger partial charge on any atom is 0.278 e. The Hall–Kier alpha value is -1.07. The lowest BCUT2D eigenvalue weighted by molar-refractivity contribution is 0.378. The molecule has 0 atom stereocenters. The van der Waals surface area contributed by atoms with Gasteiger partial charge in [-0.3, -0.25) is 0 Å². The zero-order valence-electron chi connectivity index (χ0n) is 12.3. The number of rotatable bonds is 4. The van der Waals surface area contributed by atoms with Crippen LogP contribution in [0.3, 0.4) is 0 Å². The van der Waals surface area contributed by atoms with Gasteiger partial charge in [0, 0.05) is 11.8 Å². The highest BCUT2D eigenvalue weighted by Gasteiger charge is 2.30. The Morgan fingerprint density at radius 1 is 1.00 bits per heavy atom. The van der Waals surface area contributed by atoms with E-state index >= 15 is 0 Å². The molecule has 0 aliphatic heterocycles. The molecular formula is C17H12BrCl3N2O. The summed E-state index contributed by atoms with van der Waals surface area (Å²) in [5, 5.41) is 4.73. The summed E-state index contributed by atoms with van der Waals surface area (Å²) in [6.45, 7) is 0. The molecule has 2 aromatic carbocycles. The summed E-state index contributed by atoms with van der Waals surface area (Å²) in [6.07, 6.45) is 0.487. The summed E-state index contributed by atoms with van der Waals surface area (Å²) in [4.78, 5) is 4.16. The first-order valence-corrected chi connectivity index (χ1v) is 9.36. The Kier molecular flexibility index (Phi) is 5.50. The average molecular weight is 447 g/mol. The highest BCUT2D eigenvalue weighted by molar-refractivity contribution is 9.08. The van der Waals surface area contributed by atoms with Gasteiger partial charge in [0.2, 0.25) is 0 Å². The Morgan fingerprint density at radius 3 is 2.33 bits per heavy atom. The Bertz CT molecular complexity index is 828. The summed E-state index contributed by atoms with van der Waals surface area (Å²) in [5.41, 5.74) is 4.53. The van der Waals surface area contributed by atoms with E-state index in [2.05, 4.69) is 56.4 Å². The van der Waals surface area contributed by atoms with Crippen molar-refractivity contribution in [1.29, 1.82) is 0 Å². The van der Waals surface area contributed by atoms with Crippen LogP contribution in [0, 0.1) is 0 Å². The minimum Gasteiger partial charge on any atom is -0.335 e. The fraction of sp³-hybridized carbons (Fsp3) is 0.176. The summed E-state index contributed by atoms with van der Waals surface area (Å²) in [6, 6.07) is 16.4. The molecule has 0 amide bonds. The minimum atomic E-state index is -1.71. The summed E-state index contributed by atoms with van der Waals surface area (Å²) in [7, 11) is 0. The molecule has 0 N–H and O–H groups in total. The molecule has 1 aromatic heterocycles. The van der Waals surface area contributed by atoms with Crippen LogP contribution in [-0.2, 0) is 15.5 Å². The number of nitrogens with zero attached hydrogens (tertiary/aromatic N) is 2. The maximum atomic E-state index is 5.76. The van der Waals surface area contributed by atoms with E-state index < -0.39 is 3.79 Å². The van der Waals surface area contributed by atoms with Gasteiger partial charge in [-0.2, -0.15) is 4.98 Å². The van der Waals surface area contributed by atoms with Crippen LogP contribution >= 0.6 is 50.7 Å². The van der Waals surface area contributed by atoms with Crippen LogP contribution in [0.25, 0.3) is 11.1 Å². The second-order valence-corrected chi connectivity index (χ2v) is 8.02. The number of hydrogen-bond acceptors (Lipinski definition) is 3. The molecule has 0 aliphatic carbocycles. The van der Waals surface area contributed by atoms with Crippen molar-refractivity contribution in [1.82, 2.24) is 10.1 Å². The van der Waals surface area contributed by atoms with Crippen molar-refractivity contribution < 1.29 is 4.52 Å².